The van der Waals surface area contributed by atoms with Crippen LogP contribution < -0.4 is 4.74 Å². The van der Waals surface area contributed by atoms with Gasteiger partial charge < -0.3 is 14.2 Å². The lowest BCUT2D eigenvalue weighted by molar-refractivity contribution is -0.0641. The Balaban J connectivity index is 1.13. The number of rotatable bonds is 10. The molecule has 0 aromatic heterocycles. The van der Waals surface area contributed by atoms with Crippen LogP contribution in [0.4, 0.5) is 0 Å². The first-order chi connectivity index (χ1) is 19.5. The van der Waals surface area contributed by atoms with Crippen LogP contribution in [0.3, 0.4) is 0 Å². The second-order valence-electron chi connectivity index (χ2n) is 12.0. The van der Waals surface area contributed by atoms with Crippen LogP contribution in [0, 0.1) is 11.8 Å². The van der Waals surface area contributed by atoms with Crippen molar-refractivity contribution < 1.29 is 19.0 Å². The molecule has 0 radical (unpaired) electrons. The van der Waals surface area contributed by atoms with Gasteiger partial charge in [0, 0.05) is 0 Å². The van der Waals surface area contributed by atoms with Gasteiger partial charge in [0.2, 0.25) is 0 Å². The highest BCUT2D eigenvalue weighted by atomic mass is 16.7. The largest absolute Gasteiger partial charge is 0.468 e. The van der Waals surface area contributed by atoms with Crippen LogP contribution in [-0.2, 0) is 9.47 Å². The molecule has 3 aromatic carbocycles. The van der Waals surface area contributed by atoms with Gasteiger partial charge in [0.1, 0.15) is 18.5 Å². The van der Waals surface area contributed by atoms with Crippen LogP contribution in [-0.4, -0.2) is 19.4 Å². The number of hydrogen-bond donors (Lipinski definition) is 0. The minimum absolute atomic E-state index is 0.0755. The molecule has 3 aromatic rings. The average molecular weight is 541 g/mol. The Bertz CT molecular complexity index is 1170. The van der Waals surface area contributed by atoms with E-state index in [-0.39, 0.29) is 19.4 Å². The second-order valence-corrected chi connectivity index (χ2v) is 12.0. The topological polar surface area (TPSA) is 44.8 Å². The number of ether oxygens (including phenoxy) is 3. The van der Waals surface area contributed by atoms with E-state index in [1.807, 2.05) is 54.6 Å². The predicted molar refractivity (Wildman–Crippen MR) is 160 cm³/mol. The van der Waals surface area contributed by atoms with Gasteiger partial charge in [-0.15, -0.1) is 0 Å². The lowest BCUT2D eigenvalue weighted by Crippen LogP contribution is -2.18. The molecule has 1 unspecified atom stereocenters. The summed E-state index contributed by atoms with van der Waals surface area (Å²) in [6.45, 7) is 4.88. The molecule has 212 valence electrons. The Hall–Kier alpha value is -3.11. The van der Waals surface area contributed by atoms with Crippen LogP contribution in [0.5, 0.6) is 5.75 Å². The van der Waals surface area contributed by atoms with E-state index in [1.165, 1.54) is 62.5 Å². The summed E-state index contributed by atoms with van der Waals surface area (Å²) in [7, 11) is 0. The molecule has 0 bridgehead atoms. The number of carbonyl (C=O) groups is 1. The first kappa shape index (κ1) is 28.4. The zero-order valence-electron chi connectivity index (χ0n) is 24.1. The van der Waals surface area contributed by atoms with Gasteiger partial charge in [-0.05, 0) is 90.3 Å². The maximum atomic E-state index is 12.9. The van der Waals surface area contributed by atoms with E-state index >= 15 is 0 Å². The molecule has 2 aliphatic carbocycles. The fraction of sp³-hybridized carbons (Fsp3) is 0.472. The van der Waals surface area contributed by atoms with E-state index < -0.39 is 6.10 Å². The molecule has 40 heavy (non-hydrogen) atoms. The third kappa shape index (κ3) is 7.75. The summed E-state index contributed by atoms with van der Waals surface area (Å²) in [5.41, 5.74) is 4.24. The van der Waals surface area contributed by atoms with Crippen LogP contribution in [0.1, 0.15) is 110 Å². The molecule has 1 atom stereocenters. The third-order valence-electron chi connectivity index (χ3n) is 9.03. The first-order valence-corrected chi connectivity index (χ1v) is 15.2. The highest BCUT2D eigenvalue weighted by Gasteiger charge is 2.22. The normalized spacial score (nSPS) is 23.8. The smallest absolute Gasteiger partial charge is 0.338 e. The number of benzene rings is 3. The monoisotopic (exact) mass is 540 g/mol. The molecule has 5 rings (SSSR count). The number of carbonyl (C=O) groups excluding carboxylic acids is 1. The lowest BCUT2D eigenvalue weighted by atomic mass is 9.79. The van der Waals surface area contributed by atoms with Gasteiger partial charge in [0.05, 0.1) is 5.56 Å². The zero-order valence-corrected chi connectivity index (χ0v) is 24.1. The zero-order chi connectivity index (χ0) is 27.7. The molecular weight excluding hydrogens is 496 g/mol. The van der Waals surface area contributed by atoms with E-state index in [0.717, 1.165) is 23.1 Å². The molecule has 2 fully saturated rings. The molecule has 2 aliphatic rings. The van der Waals surface area contributed by atoms with Crippen LogP contribution >= 0.6 is 0 Å². The highest BCUT2D eigenvalue weighted by molar-refractivity contribution is 5.89. The van der Waals surface area contributed by atoms with Crippen molar-refractivity contribution in [1.29, 1.82) is 0 Å². The Morgan fingerprint density at radius 1 is 0.700 bits per heavy atom. The van der Waals surface area contributed by atoms with Crippen molar-refractivity contribution in [2.24, 2.45) is 11.8 Å². The first-order valence-electron chi connectivity index (χ1n) is 15.2. The maximum Gasteiger partial charge on any atom is 0.338 e. The third-order valence-corrected chi connectivity index (χ3v) is 9.03. The second kappa shape index (κ2) is 14.0. The van der Waals surface area contributed by atoms with Crippen molar-refractivity contribution in [2.75, 3.05) is 13.4 Å². The Morgan fingerprint density at radius 3 is 1.77 bits per heavy atom. The van der Waals surface area contributed by atoms with Gasteiger partial charge in [-0.1, -0.05) is 94.1 Å². The summed E-state index contributed by atoms with van der Waals surface area (Å²) >= 11 is 0. The summed E-state index contributed by atoms with van der Waals surface area (Å²) in [4.78, 5) is 12.9. The molecule has 4 heteroatoms. The molecule has 0 heterocycles. The Kier molecular flexibility index (Phi) is 9.94. The van der Waals surface area contributed by atoms with Crippen molar-refractivity contribution in [3.8, 4) is 5.75 Å². The summed E-state index contributed by atoms with van der Waals surface area (Å²) in [6, 6.07) is 26.3. The van der Waals surface area contributed by atoms with Gasteiger partial charge in [-0.3, -0.25) is 0 Å². The lowest BCUT2D eigenvalue weighted by Gasteiger charge is -2.26. The minimum Gasteiger partial charge on any atom is -0.468 e. The molecule has 0 saturated heterocycles. The van der Waals surface area contributed by atoms with Crippen molar-refractivity contribution >= 4 is 5.97 Å². The van der Waals surface area contributed by atoms with E-state index in [1.54, 1.807) is 0 Å². The van der Waals surface area contributed by atoms with Crippen LogP contribution in [0.25, 0.3) is 0 Å². The SMILES string of the molecule is CC1CCC(c2ccc(OCOC(COC(=O)c3ccc(C4CCC(C)CC4)cc3)c3ccccc3)cc2)CC1. The van der Waals surface area contributed by atoms with Gasteiger partial charge in [-0.25, -0.2) is 4.79 Å². The fourth-order valence-electron chi connectivity index (χ4n) is 6.24. The number of esters is 1. The average Bonchev–Trinajstić information content (AvgIpc) is 3.00. The highest BCUT2D eigenvalue weighted by Crippen LogP contribution is 2.37. The molecule has 2 saturated carbocycles. The number of hydrogen-bond acceptors (Lipinski definition) is 4. The van der Waals surface area contributed by atoms with Crippen LogP contribution in [0.2, 0.25) is 0 Å². The van der Waals surface area contributed by atoms with E-state index in [0.29, 0.717) is 17.4 Å². The van der Waals surface area contributed by atoms with E-state index in [9.17, 15) is 4.79 Å². The van der Waals surface area contributed by atoms with E-state index in [2.05, 4.69) is 38.1 Å². The Labute approximate surface area is 240 Å². The van der Waals surface area contributed by atoms with Crippen molar-refractivity contribution in [2.45, 2.75) is 83.2 Å². The molecular formula is C36H44O4. The Morgan fingerprint density at radius 2 is 1.23 bits per heavy atom. The summed E-state index contributed by atoms with van der Waals surface area (Å²) < 4.78 is 17.7. The van der Waals surface area contributed by atoms with Crippen molar-refractivity contribution in [3.63, 3.8) is 0 Å². The quantitative estimate of drug-likeness (QED) is 0.190. The maximum absolute atomic E-state index is 12.9. The molecule has 0 amide bonds. The molecule has 0 N–H and O–H groups in total. The minimum atomic E-state index is -0.419. The molecule has 4 nitrogen and oxygen atoms in total. The van der Waals surface area contributed by atoms with Crippen molar-refractivity contribution in [1.82, 2.24) is 0 Å². The van der Waals surface area contributed by atoms with Gasteiger partial charge >= 0.3 is 5.97 Å². The summed E-state index contributed by atoms with van der Waals surface area (Å²) in [5.74, 6) is 3.39. The van der Waals surface area contributed by atoms with Gasteiger partial charge in [-0.2, -0.15) is 0 Å². The standard InChI is InChI=1S/C36H44O4/c1-26-8-12-28(13-9-26)30-16-18-33(19-17-30)36(37)38-24-35(32-6-4-3-5-7-32)40-25-39-34-22-20-31(21-23-34)29-14-10-27(2)11-15-29/h3-7,16-23,26-29,35H,8-15,24-25H2,1-2H3. The van der Waals surface area contributed by atoms with Gasteiger partial charge in [0.15, 0.2) is 6.79 Å². The molecule has 0 aliphatic heterocycles. The summed E-state index contributed by atoms with van der Waals surface area (Å²) in [5, 5.41) is 0. The predicted octanol–water partition coefficient (Wildman–Crippen LogP) is 9.23. The van der Waals surface area contributed by atoms with Crippen molar-refractivity contribution in [3.05, 3.63) is 101 Å². The van der Waals surface area contributed by atoms with Gasteiger partial charge in [0.25, 0.3) is 0 Å². The van der Waals surface area contributed by atoms with E-state index in [4.69, 9.17) is 14.2 Å². The van der Waals surface area contributed by atoms with Crippen LogP contribution in [0.15, 0.2) is 78.9 Å². The summed E-state index contributed by atoms with van der Waals surface area (Å²) in [6.07, 6.45) is 9.77. The molecule has 0 spiro atoms. The fourth-order valence-corrected chi connectivity index (χ4v) is 6.24.